The fraction of sp³-hybridized carbons (Fsp3) is 0.100. The zero-order chi connectivity index (χ0) is 11.7. The summed E-state index contributed by atoms with van der Waals surface area (Å²) in [6.45, 7) is 0. The Bertz CT molecular complexity index is 528. The Hall–Kier alpha value is -1.75. The van der Waals surface area contributed by atoms with E-state index in [0.717, 1.165) is 0 Å². The smallest absolute Gasteiger partial charge is 0.174 e. The number of nitrogens with two attached hydrogens (primary N) is 1. The zero-order valence-corrected chi connectivity index (χ0v) is 9.08. The van der Waals surface area contributed by atoms with Gasteiger partial charge in [-0.2, -0.15) is 0 Å². The third-order valence-corrected chi connectivity index (χ3v) is 2.35. The number of nitrogen functional groups attached to an aromatic ring is 1. The van der Waals surface area contributed by atoms with Crippen LogP contribution in [0, 0.1) is 5.82 Å². The van der Waals surface area contributed by atoms with Crippen molar-refractivity contribution in [3.8, 4) is 17.1 Å². The molecule has 0 atom stereocenters. The highest BCUT2D eigenvalue weighted by Crippen LogP contribution is 2.38. The van der Waals surface area contributed by atoms with E-state index in [1.807, 2.05) is 0 Å². The third kappa shape index (κ3) is 1.69. The molecule has 0 radical (unpaired) electrons. The van der Waals surface area contributed by atoms with Gasteiger partial charge in [-0.15, -0.1) is 0 Å². The van der Waals surface area contributed by atoms with Crippen molar-refractivity contribution in [2.45, 2.75) is 0 Å². The van der Waals surface area contributed by atoms with Gasteiger partial charge in [0, 0.05) is 6.07 Å². The van der Waals surface area contributed by atoms with E-state index in [-0.39, 0.29) is 17.3 Å². The van der Waals surface area contributed by atoms with E-state index in [0.29, 0.717) is 10.6 Å². The summed E-state index contributed by atoms with van der Waals surface area (Å²) in [5.41, 5.74) is 5.71. The maximum Gasteiger partial charge on any atom is 0.174 e. The van der Waals surface area contributed by atoms with Gasteiger partial charge in [-0.3, -0.25) is 0 Å². The first-order valence-electron chi connectivity index (χ1n) is 4.38. The minimum atomic E-state index is -0.531. The molecule has 0 aliphatic rings. The number of rotatable bonds is 2. The lowest BCUT2D eigenvalue weighted by Gasteiger charge is -2.08. The molecule has 2 aromatic rings. The molecule has 0 saturated heterocycles. The predicted octanol–water partition coefficient (Wildman–Crippen LogP) is 2.72. The van der Waals surface area contributed by atoms with Gasteiger partial charge in [0.25, 0.3) is 0 Å². The summed E-state index contributed by atoms with van der Waals surface area (Å²) in [6, 6.07) is 4.07. The fourth-order valence-corrected chi connectivity index (χ4v) is 1.61. The summed E-state index contributed by atoms with van der Waals surface area (Å²) >= 11 is 5.95. The van der Waals surface area contributed by atoms with E-state index < -0.39 is 5.82 Å². The molecule has 0 fully saturated rings. The van der Waals surface area contributed by atoms with Gasteiger partial charge in [0.15, 0.2) is 23.1 Å². The fourth-order valence-electron chi connectivity index (χ4n) is 1.37. The first-order valence-corrected chi connectivity index (χ1v) is 4.76. The second kappa shape index (κ2) is 4.02. The highest BCUT2D eigenvalue weighted by Gasteiger charge is 2.18. The van der Waals surface area contributed by atoms with Crippen molar-refractivity contribution in [1.82, 2.24) is 5.16 Å². The van der Waals surface area contributed by atoms with Crippen LogP contribution in [0.1, 0.15) is 0 Å². The number of ether oxygens (including phenoxy) is 1. The minimum Gasteiger partial charge on any atom is -0.493 e. The summed E-state index contributed by atoms with van der Waals surface area (Å²) in [7, 11) is 1.35. The van der Waals surface area contributed by atoms with Crippen LogP contribution in [0.3, 0.4) is 0 Å². The van der Waals surface area contributed by atoms with E-state index in [4.69, 9.17) is 26.6 Å². The van der Waals surface area contributed by atoms with Gasteiger partial charge in [0.1, 0.15) is 0 Å². The van der Waals surface area contributed by atoms with Crippen molar-refractivity contribution in [2.24, 2.45) is 0 Å². The number of nitrogens with zero attached hydrogens (tertiary/aromatic N) is 1. The van der Waals surface area contributed by atoms with Crippen molar-refractivity contribution in [3.05, 3.63) is 29.0 Å². The molecule has 0 aliphatic heterocycles. The molecule has 4 nitrogen and oxygen atoms in total. The second-order valence-corrected chi connectivity index (χ2v) is 3.46. The van der Waals surface area contributed by atoms with Crippen LogP contribution in [0.25, 0.3) is 11.3 Å². The topological polar surface area (TPSA) is 61.3 Å². The van der Waals surface area contributed by atoms with Crippen LogP contribution in [0.2, 0.25) is 5.02 Å². The number of methoxy groups -OCH3 is 1. The predicted molar refractivity (Wildman–Crippen MR) is 57.9 cm³/mol. The Balaban J connectivity index is 2.67. The molecular weight excluding hydrogens is 235 g/mol. The molecule has 16 heavy (non-hydrogen) atoms. The second-order valence-electron chi connectivity index (χ2n) is 3.05. The molecule has 0 bridgehead atoms. The normalized spacial score (nSPS) is 10.4. The summed E-state index contributed by atoms with van der Waals surface area (Å²) in [6.07, 6.45) is 0. The lowest BCUT2D eigenvalue weighted by atomic mass is 10.1. The lowest BCUT2D eigenvalue weighted by Crippen LogP contribution is -1.92. The van der Waals surface area contributed by atoms with Crippen LogP contribution in [-0.2, 0) is 0 Å². The van der Waals surface area contributed by atoms with Crippen LogP contribution >= 0.6 is 11.6 Å². The highest BCUT2D eigenvalue weighted by atomic mass is 35.5. The largest absolute Gasteiger partial charge is 0.493 e. The summed E-state index contributed by atoms with van der Waals surface area (Å²) in [5.74, 6) is -0.0725. The highest BCUT2D eigenvalue weighted by molar-refractivity contribution is 6.33. The van der Waals surface area contributed by atoms with Crippen LogP contribution in [0.4, 0.5) is 10.2 Å². The van der Waals surface area contributed by atoms with E-state index in [1.54, 1.807) is 0 Å². The Labute approximate surface area is 95.7 Å². The number of halogens is 2. The summed E-state index contributed by atoms with van der Waals surface area (Å²) in [4.78, 5) is 0. The molecule has 1 heterocycles. The lowest BCUT2D eigenvalue weighted by molar-refractivity contribution is 0.383. The van der Waals surface area contributed by atoms with Crippen molar-refractivity contribution in [1.29, 1.82) is 0 Å². The average Bonchev–Trinajstić information content (AvgIpc) is 2.67. The van der Waals surface area contributed by atoms with Gasteiger partial charge < -0.3 is 15.0 Å². The molecule has 0 spiro atoms. The number of anilines is 1. The van der Waals surface area contributed by atoms with Crippen molar-refractivity contribution < 1.29 is 13.7 Å². The van der Waals surface area contributed by atoms with Crippen LogP contribution < -0.4 is 10.5 Å². The van der Waals surface area contributed by atoms with Crippen molar-refractivity contribution >= 4 is 17.4 Å². The molecule has 0 amide bonds. The molecule has 6 heteroatoms. The SMILES string of the molecule is COc1c(F)ccc(Cl)c1-c1cc(N)no1. The number of hydrogen-bond acceptors (Lipinski definition) is 4. The monoisotopic (exact) mass is 242 g/mol. The van der Waals surface area contributed by atoms with Crippen LogP contribution in [0.15, 0.2) is 22.7 Å². The summed E-state index contributed by atoms with van der Waals surface area (Å²) < 4.78 is 23.3. The van der Waals surface area contributed by atoms with Crippen LogP contribution in [0.5, 0.6) is 5.75 Å². The molecule has 0 aliphatic carbocycles. The average molecular weight is 243 g/mol. The first-order chi connectivity index (χ1) is 7.63. The Morgan fingerprint density at radius 3 is 2.81 bits per heavy atom. The van der Waals surface area contributed by atoms with Gasteiger partial charge in [0.05, 0.1) is 17.7 Å². The third-order valence-electron chi connectivity index (χ3n) is 2.04. The van der Waals surface area contributed by atoms with Crippen molar-refractivity contribution in [2.75, 3.05) is 12.8 Å². The molecule has 84 valence electrons. The van der Waals surface area contributed by atoms with Gasteiger partial charge in [0.2, 0.25) is 0 Å². The molecule has 2 rings (SSSR count). The van der Waals surface area contributed by atoms with Crippen LogP contribution in [-0.4, -0.2) is 12.3 Å². The van der Waals surface area contributed by atoms with Gasteiger partial charge in [-0.1, -0.05) is 16.8 Å². The Morgan fingerprint density at radius 2 is 2.25 bits per heavy atom. The molecule has 0 saturated carbocycles. The van der Waals surface area contributed by atoms with E-state index in [1.165, 1.54) is 25.3 Å². The molecular formula is C10H8ClFN2O2. The Kier molecular flexibility index (Phi) is 2.70. The van der Waals surface area contributed by atoms with Gasteiger partial charge in [-0.05, 0) is 12.1 Å². The summed E-state index contributed by atoms with van der Waals surface area (Å²) in [5, 5.41) is 3.81. The van der Waals surface area contributed by atoms with E-state index >= 15 is 0 Å². The minimum absolute atomic E-state index is 0.00338. The van der Waals surface area contributed by atoms with Crippen molar-refractivity contribution in [3.63, 3.8) is 0 Å². The first kappa shape index (κ1) is 10.8. The maximum atomic E-state index is 13.4. The molecule has 1 aromatic carbocycles. The quantitative estimate of drug-likeness (QED) is 0.880. The number of benzene rings is 1. The molecule has 0 unspecified atom stereocenters. The zero-order valence-electron chi connectivity index (χ0n) is 8.33. The maximum absolute atomic E-state index is 13.4. The Morgan fingerprint density at radius 1 is 1.50 bits per heavy atom. The molecule has 2 N–H and O–H groups in total. The standard InChI is InChI=1S/C10H8ClFN2O2/c1-15-10-6(12)3-2-5(11)9(10)7-4-8(13)14-16-7/h2-4H,1H3,(H2,13,14). The molecule has 1 aromatic heterocycles. The number of hydrogen-bond donors (Lipinski definition) is 1. The number of aromatic nitrogens is 1. The van der Waals surface area contributed by atoms with Gasteiger partial charge in [-0.25, -0.2) is 4.39 Å². The van der Waals surface area contributed by atoms with Gasteiger partial charge >= 0.3 is 0 Å². The van der Waals surface area contributed by atoms with E-state index in [9.17, 15) is 4.39 Å². The van der Waals surface area contributed by atoms with E-state index in [2.05, 4.69) is 5.16 Å².